The Morgan fingerprint density at radius 3 is 2.42 bits per heavy atom. The van der Waals surface area contributed by atoms with Crippen molar-refractivity contribution in [1.82, 2.24) is 10.2 Å². The third-order valence-corrected chi connectivity index (χ3v) is 4.82. The predicted octanol–water partition coefficient (Wildman–Crippen LogP) is 3.87. The fraction of sp³-hybridized carbons (Fsp3) is 0.409. The van der Waals surface area contributed by atoms with Gasteiger partial charge in [-0.3, -0.25) is 4.79 Å². The summed E-state index contributed by atoms with van der Waals surface area (Å²) in [4.78, 5) is 15.1. The van der Waals surface area contributed by atoms with Crippen molar-refractivity contribution in [3.63, 3.8) is 0 Å². The minimum absolute atomic E-state index is 0.147. The Balaban J connectivity index is 1.63. The standard InChI is InChI=1S/C22H28N2O2/c1-2-16-24(20-12-14-23-15-13-20)22(25)19-10-8-18(9-11-19)17-26-21-6-4-3-5-7-21/h3-11,20,23H,2,12-17H2,1H3. The minimum Gasteiger partial charge on any atom is -0.489 e. The molecule has 2 aromatic carbocycles. The first-order chi connectivity index (χ1) is 12.8. The molecular weight excluding hydrogens is 324 g/mol. The molecule has 1 aliphatic rings. The summed E-state index contributed by atoms with van der Waals surface area (Å²) in [5, 5.41) is 3.37. The summed E-state index contributed by atoms with van der Waals surface area (Å²) in [5.74, 6) is 1.00. The summed E-state index contributed by atoms with van der Waals surface area (Å²) < 4.78 is 5.77. The van der Waals surface area contributed by atoms with Crippen LogP contribution in [0.15, 0.2) is 54.6 Å². The van der Waals surface area contributed by atoms with Gasteiger partial charge < -0.3 is 15.0 Å². The van der Waals surface area contributed by atoms with E-state index < -0.39 is 0 Å². The topological polar surface area (TPSA) is 41.6 Å². The molecule has 138 valence electrons. The number of hydrogen-bond donors (Lipinski definition) is 1. The maximum absolute atomic E-state index is 13.0. The maximum atomic E-state index is 13.0. The number of nitrogens with zero attached hydrogens (tertiary/aromatic N) is 1. The van der Waals surface area contributed by atoms with Crippen LogP contribution >= 0.6 is 0 Å². The fourth-order valence-electron chi connectivity index (χ4n) is 3.40. The number of nitrogens with one attached hydrogen (secondary N) is 1. The summed E-state index contributed by atoms with van der Waals surface area (Å²) in [7, 11) is 0. The molecular formula is C22H28N2O2. The molecule has 26 heavy (non-hydrogen) atoms. The largest absolute Gasteiger partial charge is 0.489 e. The Labute approximate surface area is 156 Å². The molecule has 1 aliphatic heterocycles. The highest BCUT2D eigenvalue weighted by Crippen LogP contribution is 2.18. The third-order valence-electron chi connectivity index (χ3n) is 4.82. The van der Waals surface area contributed by atoms with Crippen LogP contribution < -0.4 is 10.1 Å². The fourth-order valence-corrected chi connectivity index (χ4v) is 3.40. The number of benzene rings is 2. The van der Waals surface area contributed by atoms with E-state index in [1.807, 2.05) is 54.6 Å². The first kappa shape index (κ1) is 18.5. The Morgan fingerprint density at radius 2 is 1.77 bits per heavy atom. The predicted molar refractivity (Wildman–Crippen MR) is 104 cm³/mol. The second kappa shape index (κ2) is 9.39. The molecule has 3 rings (SSSR count). The molecule has 1 saturated heterocycles. The third kappa shape index (κ3) is 4.85. The molecule has 0 bridgehead atoms. The van der Waals surface area contributed by atoms with Gasteiger partial charge in [-0.2, -0.15) is 0 Å². The molecule has 4 heteroatoms. The van der Waals surface area contributed by atoms with Gasteiger partial charge in [-0.1, -0.05) is 37.3 Å². The van der Waals surface area contributed by atoms with Crippen LogP contribution in [-0.4, -0.2) is 36.5 Å². The molecule has 1 fully saturated rings. The Bertz CT molecular complexity index is 679. The first-order valence-corrected chi connectivity index (χ1v) is 9.56. The molecule has 0 aromatic heterocycles. The lowest BCUT2D eigenvalue weighted by Crippen LogP contribution is -2.46. The second-order valence-corrected chi connectivity index (χ2v) is 6.78. The van der Waals surface area contributed by atoms with E-state index in [-0.39, 0.29) is 5.91 Å². The van der Waals surface area contributed by atoms with Crippen molar-refractivity contribution in [2.45, 2.75) is 38.8 Å². The van der Waals surface area contributed by atoms with E-state index in [1.165, 1.54) is 0 Å². The first-order valence-electron chi connectivity index (χ1n) is 9.56. The molecule has 0 unspecified atom stereocenters. The van der Waals surface area contributed by atoms with Crippen molar-refractivity contribution in [3.05, 3.63) is 65.7 Å². The lowest BCUT2D eigenvalue weighted by Gasteiger charge is -2.34. The van der Waals surface area contributed by atoms with Crippen molar-refractivity contribution in [2.75, 3.05) is 19.6 Å². The van der Waals surface area contributed by atoms with Crippen LogP contribution in [0.2, 0.25) is 0 Å². The number of ether oxygens (including phenoxy) is 1. The molecule has 2 aromatic rings. The Morgan fingerprint density at radius 1 is 1.08 bits per heavy atom. The summed E-state index contributed by atoms with van der Waals surface area (Å²) in [6, 6.07) is 18.0. The molecule has 1 N–H and O–H groups in total. The average Bonchev–Trinajstić information content (AvgIpc) is 2.72. The van der Waals surface area contributed by atoms with Crippen LogP contribution in [0.1, 0.15) is 42.1 Å². The van der Waals surface area contributed by atoms with Gasteiger partial charge in [-0.25, -0.2) is 0 Å². The van der Waals surface area contributed by atoms with Gasteiger partial charge in [-0.05, 0) is 62.2 Å². The van der Waals surface area contributed by atoms with Crippen molar-refractivity contribution < 1.29 is 9.53 Å². The number of piperidine rings is 1. The highest BCUT2D eigenvalue weighted by atomic mass is 16.5. The molecule has 1 amide bonds. The summed E-state index contributed by atoms with van der Waals surface area (Å²) in [5.41, 5.74) is 1.83. The van der Waals surface area contributed by atoms with Crippen molar-refractivity contribution >= 4 is 5.91 Å². The number of amides is 1. The quantitative estimate of drug-likeness (QED) is 0.822. The van der Waals surface area contributed by atoms with E-state index in [9.17, 15) is 4.79 Å². The van der Waals surface area contributed by atoms with Crippen LogP contribution in [-0.2, 0) is 6.61 Å². The maximum Gasteiger partial charge on any atom is 0.254 e. The Kier molecular flexibility index (Phi) is 6.67. The number of rotatable bonds is 7. The number of hydrogen-bond acceptors (Lipinski definition) is 3. The monoisotopic (exact) mass is 352 g/mol. The van der Waals surface area contributed by atoms with E-state index in [0.717, 1.165) is 55.8 Å². The van der Waals surface area contributed by atoms with Crippen LogP contribution in [0.5, 0.6) is 5.75 Å². The SMILES string of the molecule is CCCN(C(=O)c1ccc(COc2ccccc2)cc1)C1CCNCC1. The summed E-state index contributed by atoms with van der Waals surface area (Å²) in [6.07, 6.45) is 3.06. The van der Waals surface area contributed by atoms with Crippen LogP contribution in [0.25, 0.3) is 0 Å². The van der Waals surface area contributed by atoms with Gasteiger partial charge in [0.05, 0.1) is 0 Å². The molecule has 0 saturated carbocycles. The van der Waals surface area contributed by atoms with Crippen molar-refractivity contribution in [1.29, 1.82) is 0 Å². The zero-order valence-corrected chi connectivity index (χ0v) is 15.5. The van der Waals surface area contributed by atoms with E-state index in [1.54, 1.807) is 0 Å². The molecule has 0 spiro atoms. The molecule has 0 atom stereocenters. The van der Waals surface area contributed by atoms with Gasteiger partial charge in [0, 0.05) is 18.2 Å². The number of carbonyl (C=O) groups excluding carboxylic acids is 1. The van der Waals surface area contributed by atoms with Gasteiger partial charge in [0.2, 0.25) is 0 Å². The van der Waals surface area contributed by atoms with Gasteiger partial charge >= 0.3 is 0 Å². The van der Waals surface area contributed by atoms with Crippen LogP contribution in [0.4, 0.5) is 0 Å². The molecule has 0 radical (unpaired) electrons. The van der Waals surface area contributed by atoms with Gasteiger partial charge in [0.25, 0.3) is 5.91 Å². The summed E-state index contributed by atoms with van der Waals surface area (Å²) >= 11 is 0. The lowest BCUT2D eigenvalue weighted by molar-refractivity contribution is 0.0642. The smallest absolute Gasteiger partial charge is 0.254 e. The normalized spacial score (nSPS) is 14.8. The second-order valence-electron chi connectivity index (χ2n) is 6.78. The van der Waals surface area contributed by atoms with Gasteiger partial charge in [0.1, 0.15) is 12.4 Å². The van der Waals surface area contributed by atoms with Gasteiger partial charge in [0.15, 0.2) is 0 Å². The summed E-state index contributed by atoms with van der Waals surface area (Å²) in [6.45, 7) is 5.45. The van der Waals surface area contributed by atoms with E-state index >= 15 is 0 Å². The zero-order chi connectivity index (χ0) is 18.2. The highest BCUT2D eigenvalue weighted by Gasteiger charge is 2.25. The Hall–Kier alpha value is -2.33. The lowest BCUT2D eigenvalue weighted by atomic mass is 10.0. The van der Waals surface area contributed by atoms with Crippen LogP contribution in [0, 0.1) is 0 Å². The van der Waals surface area contributed by atoms with Gasteiger partial charge in [-0.15, -0.1) is 0 Å². The van der Waals surface area contributed by atoms with E-state index in [0.29, 0.717) is 12.6 Å². The molecule has 0 aliphatic carbocycles. The highest BCUT2D eigenvalue weighted by molar-refractivity contribution is 5.94. The van der Waals surface area contributed by atoms with E-state index in [2.05, 4.69) is 17.1 Å². The minimum atomic E-state index is 0.147. The number of carbonyl (C=O) groups is 1. The van der Waals surface area contributed by atoms with Crippen LogP contribution in [0.3, 0.4) is 0 Å². The van der Waals surface area contributed by atoms with Crippen molar-refractivity contribution in [3.8, 4) is 5.75 Å². The number of para-hydroxylation sites is 1. The molecule has 1 heterocycles. The van der Waals surface area contributed by atoms with Crippen molar-refractivity contribution in [2.24, 2.45) is 0 Å². The molecule has 4 nitrogen and oxygen atoms in total. The van der Waals surface area contributed by atoms with E-state index in [4.69, 9.17) is 4.74 Å². The average molecular weight is 352 g/mol. The zero-order valence-electron chi connectivity index (χ0n) is 15.5.